The normalized spacial score (nSPS) is 12.6. The van der Waals surface area contributed by atoms with Crippen LogP contribution >= 0.6 is 15.9 Å². The van der Waals surface area contributed by atoms with E-state index in [1.807, 2.05) is 0 Å². The average Bonchev–Trinajstić information content (AvgIpc) is 2.18. The van der Waals surface area contributed by atoms with E-state index in [0.717, 1.165) is 12.1 Å². The summed E-state index contributed by atoms with van der Waals surface area (Å²) in [7, 11) is 0. The Morgan fingerprint density at radius 2 is 1.78 bits per heavy atom. The first kappa shape index (κ1) is 14.9. The fourth-order valence-corrected chi connectivity index (χ4v) is 1.64. The summed E-state index contributed by atoms with van der Waals surface area (Å²) in [6.45, 7) is 0. The third-order valence-electron chi connectivity index (χ3n) is 2.10. The molecule has 0 bridgehead atoms. The molecule has 0 aliphatic rings. The Morgan fingerprint density at radius 1 is 1.22 bits per heavy atom. The zero-order valence-corrected chi connectivity index (χ0v) is 10.1. The monoisotopic (exact) mass is 332 g/mol. The van der Waals surface area contributed by atoms with E-state index in [-0.39, 0.29) is 4.47 Å². The van der Waals surface area contributed by atoms with Gasteiger partial charge < -0.3 is 5.11 Å². The molecule has 0 unspecified atom stereocenters. The molecular formula is C10H6BrF5O2. The maximum Gasteiger partial charge on any atom is 0.416 e. The number of carboxylic acids is 1. The van der Waals surface area contributed by atoms with Crippen molar-refractivity contribution in [2.75, 3.05) is 0 Å². The highest BCUT2D eigenvalue weighted by molar-refractivity contribution is 9.10. The van der Waals surface area contributed by atoms with Crippen LogP contribution in [0.5, 0.6) is 0 Å². The number of rotatable bonds is 3. The van der Waals surface area contributed by atoms with Crippen LogP contribution in [0, 0.1) is 0 Å². The lowest BCUT2D eigenvalue weighted by Gasteiger charge is -2.16. The quantitative estimate of drug-likeness (QED) is 0.856. The van der Waals surface area contributed by atoms with Gasteiger partial charge in [-0.05, 0) is 17.7 Å². The minimum atomic E-state index is -4.83. The number of aliphatic carboxylic acids is 1. The van der Waals surface area contributed by atoms with Crippen LogP contribution in [0.3, 0.4) is 0 Å². The molecule has 18 heavy (non-hydrogen) atoms. The van der Waals surface area contributed by atoms with E-state index < -0.39 is 35.6 Å². The Labute approximate surface area is 107 Å². The number of benzene rings is 1. The predicted molar refractivity (Wildman–Crippen MR) is 55.4 cm³/mol. The van der Waals surface area contributed by atoms with Crippen LogP contribution in [0.4, 0.5) is 22.0 Å². The van der Waals surface area contributed by atoms with Gasteiger partial charge in [-0.15, -0.1) is 0 Å². The van der Waals surface area contributed by atoms with E-state index in [1.165, 1.54) is 0 Å². The number of carboxylic acid groups (broad SMARTS) is 1. The Balaban J connectivity index is 3.22. The third-order valence-corrected chi connectivity index (χ3v) is 2.60. The molecule has 0 saturated heterocycles. The van der Waals surface area contributed by atoms with Crippen LogP contribution in [-0.4, -0.2) is 17.0 Å². The SMILES string of the molecule is O=C(O)C(F)(F)Cc1ccc(Br)cc1C(F)(F)F. The molecule has 0 saturated carbocycles. The minimum Gasteiger partial charge on any atom is -0.477 e. The van der Waals surface area contributed by atoms with Gasteiger partial charge in [0.15, 0.2) is 0 Å². The maximum atomic E-state index is 12.9. The number of halogens is 6. The minimum absolute atomic E-state index is 0.0669. The molecule has 0 fully saturated rings. The third kappa shape index (κ3) is 3.41. The molecule has 0 radical (unpaired) electrons. The molecule has 2 nitrogen and oxygen atoms in total. The second kappa shape index (κ2) is 4.83. The van der Waals surface area contributed by atoms with E-state index in [0.29, 0.717) is 6.07 Å². The summed E-state index contributed by atoms with van der Waals surface area (Å²) < 4.78 is 63.7. The lowest BCUT2D eigenvalue weighted by atomic mass is 10.0. The molecular weight excluding hydrogens is 327 g/mol. The molecule has 0 atom stereocenters. The van der Waals surface area contributed by atoms with E-state index >= 15 is 0 Å². The highest BCUT2D eigenvalue weighted by Crippen LogP contribution is 2.36. The molecule has 0 aliphatic heterocycles. The summed E-state index contributed by atoms with van der Waals surface area (Å²) in [6.07, 6.45) is -6.34. The lowest BCUT2D eigenvalue weighted by molar-refractivity contribution is -0.165. The summed E-state index contributed by atoms with van der Waals surface area (Å²) in [6, 6.07) is 2.60. The fourth-order valence-electron chi connectivity index (χ4n) is 1.28. The van der Waals surface area contributed by atoms with Gasteiger partial charge in [0.1, 0.15) is 0 Å². The van der Waals surface area contributed by atoms with Crippen LogP contribution in [-0.2, 0) is 17.4 Å². The highest BCUT2D eigenvalue weighted by Gasteiger charge is 2.42. The van der Waals surface area contributed by atoms with Crippen molar-refractivity contribution in [2.24, 2.45) is 0 Å². The molecule has 1 aromatic carbocycles. The maximum absolute atomic E-state index is 12.9. The Bertz CT molecular complexity index is 470. The number of carbonyl (C=O) groups is 1. The van der Waals surface area contributed by atoms with Gasteiger partial charge in [0.05, 0.1) is 5.56 Å². The molecule has 0 aromatic heterocycles. The molecule has 1 rings (SSSR count). The Morgan fingerprint density at radius 3 is 2.22 bits per heavy atom. The first-order chi connectivity index (χ1) is 8.04. The first-order valence-corrected chi connectivity index (χ1v) is 5.30. The number of hydrogen-bond donors (Lipinski definition) is 1. The van der Waals surface area contributed by atoms with Crippen molar-refractivity contribution in [1.82, 2.24) is 0 Å². The number of hydrogen-bond acceptors (Lipinski definition) is 1. The van der Waals surface area contributed by atoms with Gasteiger partial charge in [-0.3, -0.25) is 0 Å². The van der Waals surface area contributed by atoms with Gasteiger partial charge in [0.2, 0.25) is 0 Å². The van der Waals surface area contributed by atoms with E-state index in [1.54, 1.807) is 0 Å². The van der Waals surface area contributed by atoms with Crippen molar-refractivity contribution in [3.63, 3.8) is 0 Å². The van der Waals surface area contributed by atoms with Gasteiger partial charge in [0.25, 0.3) is 0 Å². The zero-order valence-electron chi connectivity index (χ0n) is 8.56. The largest absolute Gasteiger partial charge is 0.477 e. The van der Waals surface area contributed by atoms with E-state index in [2.05, 4.69) is 15.9 Å². The molecule has 0 amide bonds. The first-order valence-electron chi connectivity index (χ1n) is 4.51. The highest BCUT2D eigenvalue weighted by atomic mass is 79.9. The molecule has 0 aliphatic carbocycles. The molecule has 1 N–H and O–H groups in total. The lowest BCUT2D eigenvalue weighted by Crippen LogP contribution is -2.31. The molecule has 1 aromatic rings. The molecule has 0 heterocycles. The summed E-state index contributed by atoms with van der Waals surface area (Å²) in [4.78, 5) is 10.2. The summed E-state index contributed by atoms with van der Waals surface area (Å²) in [5.74, 6) is -6.70. The molecule has 8 heteroatoms. The molecule has 100 valence electrons. The van der Waals surface area contributed by atoms with E-state index in [4.69, 9.17) is 5.11 Å². The van der Waals surface area contributed by atoms with Crippen LogP contribution in [0.25, 0.3) is 0 Å². The summed E-state index contributed by atoms with van der Waals surface area (Å²) in [5, 5.41) is 8.21. The second-order valence-corrected chi connectivity index (χ2v) is 4.40. The van der Waals surface area contributed by atoms with Crippen molar-refractivity contribution < 1.29 is 31.9 Å². The van der Waals surface area contributed by atoms with Crippen molar-refractivity contribution in [2.45, 2.75) is 18.5 Å². The van der Waals surface area contributed by atoms with Crippen molar-refractivity contribution in [3.05, 3.63) is 33.8 Å². The summed E-state index contributed by atoms with van der Waals surface area (Å²) >= 11 is 2.79. The van der Waals surface area contributed by atoms with Gasteiger partial charge in [-0.2, -0.15) is 22.0 Å². The van der Waals surface area contributed by atoms with Crippen LogP contribution in [0.15, 0.2) is 22.7 Å². The smallest absolute Gasteiger partial charge is 0.416 e. The summed E-state index contributed by atoms with van der Waals surface area (Å²) in [5.41, 5.74) is -2.05. The van der Waals surface area contributed by atoms with Gasteiger partial charge >= 0.3 is 18.1 Å². The van der Waals surface area contributed by atoms with Gasteiger partial charge in [-0.1, -0.05) is 22.0 Å². The van der Waals surface area contributed by atoms with Crippen molar-refractivity contribution in [1.29, 1.82) is 0 Å². The fraction of sp³-hybridized carbons (Fsp3) is 0.300. The Kier molecular flexibility index (Phi) is 3.99. The topological polar surface area (TPSA) is 37.3 Å². The standard InChI is InChI=1S/C10H6BrF5O2/c11-6-2-1-5(4-9(12,13)8(17)18)7(3-6)10(14,15)16/h1-3H,4H2,(H,17,18). The van der Waals surface area contributed by atoms with Crippen molar-refractivity contribution in [3.8, 4) is 0 Å². The second-order valence-electron chi connectivity index (χ2n) is 3.49. The van der Waals surface area contributed by atoms with Crippen molar-refractivity contribution >= 4 is 21.9 Å². The van der Waals surface area contributed by atoms with Crippen LogP contribution in [0.2, 0.25) is 0 Å². The van der Waals surface area contributed by atoms with E-state index in [9.17, 15) is 26.7 Å². The van der Waals surface area contributed by atoms with Gasteiger partial charge in [-0.25, -0.2) is 4.79 Å². The Hall–Kier alpha value is -1.18. The van der Waals surface area contributed by atoms with Crippen LogP contribution in [0.1, 0.15) is 11.1 Å². The molecule has 0 spiro atoms. The predicted octanol–water partition coefficient (Wildman–Crippen LogP) is 3.73. The van der Waals surface area contributed by atoms with Gasteiger partial charge in [0, 0.05) is 10.9 Å². The zero-order chi connectivity index (χ0) is 14.1. The van der Waals surface area contributed by atoms with Crippen LogP contribution < -0.4 is 0 Å². The number of alkyl halides is 5. The average molecular weight is 333 g/mol.